The number of likely N-dealkylation sites (N-methyl/N-ethyl adjacent to an activating group) is 1. The van der Waals surface area contributed by atoms with Gasteiger partial charge in [0.25, 0.3) is 5.91 Å². The van der Waals surface area contributed by atoms with E-state index in [2.05, 4.69) is 5.32 Å². The summed E-state index contributed by atoms with van der Waals surface area (Å²) in [6.07, 6.45) is 0. The van der Waals surface area contributed by atoms with E-state index in [9.17, 15) is 14.9 Å². The fourth-order valence-corrected chi connectivity index (χ4v) is 1.89. The molecule has 0 saturated heterocycles. The summed E-state index contributed by atoms with van der Waals surface area (Å²) in [6, 6.07) is 4.66. The topological polar surface area (TPSA) is 84.7 Å². The number of nitrogens with one attached hydrogen (secondary N) is 1. The van der Waals surface area contributed by atoms with Gasteiger partial charge in [0.2, 0.25) is 0 Å². The minimum Gasteiger partial charge on any atom is -0.383 e. The van der Waals surface area contributed by atoms with Gasteiger partial charge in [0, 0.05) is 27.2 Å². The van der Waals surface area contributed by atoms with Crippen LogP contribution in [0.3, 0.4) is 0 Å². The van der Waals surface area contributed by atoms with Gasteiger partial charge in [-0.2, -0.15) is 0 Å². The van der Waals surface area contributed by atoms with E-state index in [0.29, 0.717) is 25.4 Å². The molecule has 0 aliphatic carbocycles. The number of anilines is 1. The largest absolute Gasteiger partial charge is 0.383 e. The van der Waals surface area contributed by atoms with E-state index in [0.717, 1.165) is 0 Å². The average Bonchev–Trinajstić information content (AvgIpc) is 2.46. The Balaban J connectivity index is 3.17. The molecule has 0 spiro atoms. The second kappa shape index (κ2) is 7.44. The van der Waals surface area contributed by atoms with Crippen LogP contribution in [0.1, 0.15) is 17.3 Å². The van der Waals surface area contributed by atoms with Gasteiger partial charge in [-0.15, -0.1) is 0 Å². The highest BCUT2D eigenvalue weighted by molar-refractivity contribution is 6.00. The summed E-state index contributed by atoms with van der Waals surface area (Å²) in [5.41, 5.74) is 0.208. The van der Waals surface area contributed by atoms with Crippen molar-refractivity contribution in [3.8, 4) is 0 Å². The number of ether oxygens (including phenoxy) is 1. The Morgan fingerprint density at radius 2 is 2.20 bits per heavy atom. The molecule has 0 saturated carbocycles. The summed E-state index contributed by atoms with van der Waals surface area (Å²) in [6.45, 7) is 3.07. The second-order valence-electron chi connectivity index (χ2n) is 4.09. The number of nitrogens with zero attached hydrogens (tertiary/aromatic N) is 2. The van der Waals surface area contributed by atoms with E-state index >= 15 is 0 Å². The summed E-state index contributed by atoms with van der Waals surface area (Å²) in [4.78, 5) is 24.6. The summed E-state index contributed by atoms with van der Waals surface area (Å²) in [5.74, 6) is -0.367. The zero-order valence-corrected chi connectivity index (χ0v) is 11.9. The van der Waals surface area contributed by atoms with Crippen LogP contribution in [0, 0.1) is 10.1 Å². The fraction of sp³-hybridized carbons (Fsp3) is 0.462. The van der Waals surface area contributed by atoms with Crippen LogP contribution < -0.4 is 5.32 Å². The highest BCUT2D eigenvalue weighted by atomic mass is 16.6. The molecule has 7 nitrogen and oxygen atoms in total. The monoisotopic (exact) mass is 281 g/mol. The number of carbonyl (C=O) groups excluding carboxylic acids is 1. The van der Waals surface area contributed by atoms with Gasteiger partial charge in [0.15, 0.2) is 0 Å². The molecule has 0 bridgehead atoms. The molecule has 1 rings (SSSR count). The predicted octanol–water partition coefficient (Wildman–Crippen LogP) is 1.75. The number of hydrogen-bond acceptors (Lipinski definition) is 5. The predicted molar refractivity (Wildman–Crippen MR) is 76.1 cm³/mol. The zero-order chi connectivity index (χ0) is 15.1. The Bertz CT molecular complexity index is 491. The maximum atomic E-state index is 12.4. The molecule has 7 heteroatoms. The third-order valence-corrected chi connectivity index (χ3v) is 2.95. The first-order chi connectivity index (χ1) is 9.56. The molecule has 0 fully saturated rings. The lowest BCUT2D eigenvalue weighted by Gasteiger charge is -2.20. The number of para-hydroxylation sites is 1. The van der Waals surface area contributed by atoms with Gasteiger partial charge >= 0.3 is 5.69 Å². The summed E-state index contributed by atoms with van der Waals surface area (Å²) < 4.78 is 4.94. The molecule has 1 amide bonds. The average molecular weight is 281 g/mol. The lowest BCUT2D eigenvalue weighted by atomic mass is 10.1. The van der Waals surface area contributed by atoms with E-state index in [-0.39, 0.29) is 17.2 Å². The molecule has 1 N–H and O–H groups in total. The number of methoxy groups -OCH3 is 1. The van der Waals surface area contributed by atoms with Crippen molar-refractivity contribution < 1.29 is 14.5 Å². The van der Waals surface area contributed by atoms with Crippen LogP contribution >= 0.6 is 0 Å². The van der Waals surface area contributed by atoms with Gasteiger partial charge in [0.1, 0.15) is 11.3 Å². The van der Waals surface area contributed by atoms with Crippen LogP contribution in [0.25, 0.3) is 0 Å². The number of hydrogen-bond donors (Lipinski definition) is 1. The van der Waals surface area contributed by atoms with Gasteiger partial charge in [-0.3, -0.25) is 14.9 Å². The van der Waals surface area contributed by atoms with Gasteiger partial charge in [-0.25, -0.2) is 0 Å². The molecule has 1 aromatic rings. The lowest BCUT2D eigenvalue weighted by Crippen LogP contribution is -2.34. The van der Waals surface area contributed by atoms with E-state index < -0.39 is 4.92 Å². The third kappa shape index (κ3) is 3.45. The first-order valence-corrected chi connectivity index (χ1v) is 6.30. The smallest absolute Gasteiger partial charge is 0.305 e. The Labute approximate surface area is 117 Å². The molecular formula is C13H19N3O4. The van der Waals surface area contributed by atoms with Crippen LogP contribution in [-0.4, -0.2) is 49.6 Å². The Morgan fingerprint density at radius 1 is 1.50 bits per heavy atom. The van der Waals surface area contributed by atoms with Crippen molar-refractivity contribution in [2.45, 2.75) is 6.92 Å². The zero-order valence-electron chi connectivity index (χ0n) is 11.9. The fourth-order valence-electron chi connectivity index (χ4n) is 1.89. The third-order valence-electron chi connectivity index (χ3n) is 2.95. The van der Waals surface area contributed by atoms with Crippen molar-refractivity contribution in [2.75, 3.05) is 39.2 Å². The summed E-state index contributed by atoms with van der Waals surface area (Å²) in [7, 11) is 3.13. The minimum absolute atomic E-state index is 0.0832. The molecule has 0 aromatic heterocycles. The van der Waals surface area contributed by atoms with E-state index in [1.165, 1.54) is 11.0 Å². The minimum atomic E-state index is -0.538. The quantitative estimate of drug-likeness (QED) is 0.608. The Kier molecular flexibility index (Phi) is 5.92. The molecule has 110 valence electrons. The molecule has 0 heterocycles. The molecule has 0 aliphatic heterocycles. The highest BCUT2D eigenvalue weighted by Gasteiger charge is 2.26. The SMILES string of the molecule is CCN(CCOC)C(=O)c1cccc(NC)c1[N+](=O)[O-]. The van der Waals surface area contributed by atoms with Gasteiger partial charge in [0.05, 0.1) is 11.5 Å². The molecule has 0 radical (unpaired) electrons. The lowest BCUT2D eigenvalue weighted by molar-refractivity contribution is -0.384. The van der Waals surface area contributed by atoms with Gasteiger partial charge in [-0.1, -0.05) is 6.07 Å². The normalized spacial score (nSPS) is 10.2. The standard InChI is InChI=1S/C13H19N3O4/c1-4-15(8-9-20-3)13(17)10-6-5-7-11(14-2)12(10)16(18)19/h5-7,14H,4,8-9H2,1-3H3. The highest BCUT2D eigenvalue weighted by Crippen LogP contribution is 2.29. The number of nitro benzene ring substituents is 1. The summed E-state index contributed by atoms with van der Waals surface area (Å²) in [5, 5.41) is 13.9. The van der Waals surface area contributed by atoms with E-state index in [4.69, 9.17) is 4.74 Å². The Morgan fingerprint density at radius 3 is 2.70 bits per heavy atom. The maximum absolute atomic E-state index is 12.4. The van der Waals surface area contributed by atoms with Crippen molar-refractivity contribution >= 4 is 17.3 Å². The van der Waals surface area contributed by atoms with Crippen molar-refractivity contribution in [3.63, 3.8) is 0 Å². The van der Waals surface area contributed by atoms with Crippen molar-refractivity contribution in [1.29, 1.82) is 0 Å². The molecule has 0 atom stereocenters. The number of amides is 1. The van der Waals surface area contributed by atoms with Crippen molar-refractivity contribution in [3.05, 3.63) is 33.9 Å². The van der Waals surface area contributed by atoms with Gasteiger partial charge in [-0.05, 0) is 19.1 Å². The Hall–Kier alpha value is -2.15. The second-order valence-corrected chi connectivity index (χ2v) is 4.09. The number of carbonyl (C=O) groups is 1. The van der Waals surface area contributed by atoms with Gasteiger partial charge < -0.3 is 15.0 Å². The molecular weight excluding hydrogens is 262 g/mol. The van der Waals surface area contributed by atoms with E-state index in [1.54, 1.807) is 26.3 Å². The maximum Gasteiger partial charge on any atom is 0.305 e. The molecule has 0 aliphatic rings. The molecule has 0 unspecified atom stereocenters. The first kappa shape index (κ1) is 15.9. The van der Waals surface area contributed by atoms with Crippen LogP contribution in [0.15, 0.2) is 18.2 Å². The van der Waals surface area contributed by atoms with Crippen LogP contribution in [-0.2, 0) is 4.74 Å². The first-order valence-electron chi connectivity index (χ1n) is 6.30. The molecule has 1 aromatic carbocycles. The summed E-state index contributed by atoms with van der Waals surface area (Å²) >= 11 is 0. The van der Waals surface area contributed by atoms with E-state index in [1.807, 2.05) is 6.92 Å². The van der Waals surface area contributed by atoms with Crippen LogP contribution in [0.2, 0.25) is 0 Å². The number of nitro groups is 1. The number of benzene rings is 1. The number of rotatable bonds is 7. The van der Waals surface area contributed by atoms with Crippen molar-refractivity contribution in [1.82, 2.24) is 4.90 Å². The molecule has 20 heavy (non-hydrogen) atoms. The van der Waals surface area contributed by atoms with Crippen molar-refractivity contribution in [2.24, 2.45) is 0 Å². The van der Waals surface area contributed by atoms with Crippen LogP contribution in [0.5, 0.6) is 0 Å². The van der Waals surface area contributed by atoms with Crippen LogP contribution in [0.4, 0.5) is 11.4 Å².